The van der Waals surface area contributed by atoms with Gasteiger partial charge in [0.2, 0.25) is 5.30 Å². The summed E-state index contributed by atoms with van der Waals surface area (Å²) in [5, 5.41) is 5.02. The summed E-state index contributed by atoms with van der Waals surface area (Å²) in [7, 11) is -2.57. The summed E-state index contributed by atoms with van der Waals surface area (Å²) in [6.45, 7) is 2.19. The average molecular weight is 522 g/mol. The molecule has 37 heavy (non-hydrogen) atoms. The minimum absolute atomic E-state index is 0.0715. The lowest BCUT2D eigenvalue weighted by molar-refractivity contribution is 0.894. The molecule has 1 aromatic heterocycles. The highest BCUT2D eigenvalue weighted by atomic mass is 32.2. The van der Waals surface area contributed by atoms with E-state index in [-0.39, 0.29) is 5.56 Å². The molecule has 5 aromatic rings. The molecule has 0 fully saturated rings. The van der Waals surface area contributed by atoms with Crippen LogP contribution in [0.2, 0.25) is 0 Å². The maximum atomic E-state index is 14.4. The maximum absolute atomic E-state index is 14.4. The van der Waals surface area contributed by atoms with E-state index in [4.69, 9.17) is 4.98 Å². The normalized spacial score (nSPS) is 11.4. The summed E-state index contributed by atoms with van der Waals surface area (Å²) in [5.74, 6) is 1.52. The van der Waals surface area contributed by atoms with Gasteiger partial charge in [-0.1, -0.05) is 98.3 Å². The maximum Gasteiger partial charge on any atom is 0.296 e. The molecule has 0 radical (unpaired) electrons. The summed E-state index contributed by atoms with van der Waals surface area (Å²) in [5.41, 5.74) is 0.837. The van der Waals surface area contributed by atoms with E-state index >= 15 is 0 Å². The highest BCUT2D eigenvalue weighted by molar-refractivity contribution is 8.04. The van der Waals surface area contributed by atoms with Crippen LogP contribution in [-0.2, 0) is 0 Å². The van der Waals surface area contributed by atoms with Crippen molar-refractivity contribution in [2.75, 3.05) is 5.75 Å². The van der Waals surface area contributed by atoms with Crippen LogP contribution in [0.1, 0.15) is 19.8 Å². The van der Waals surface area contributed by atoms with Gasteiger partial charge in [0.25, 0.3) is 5.56 Å². The van der Waals surface area contributed by atoms with Crippen molar-refractivity contribution in [3.05, 3.63) is 132 Å². The van der Waals surface area contributed by atoms with Gasteiger partial charge in [-0.2, -0.15) is 0 Å². The van der Waals surface area contributed by atoms with E-state index in [0.29, 0.717) is 5.82 Å². The van der Waals surface area contributed by atoms with Crippen molar-refractivity contribution in [1.82, 2.24) is 9.97 Å². The molecule has 5 heteroatoms. The molecule has 0 aliphatic rings. The van der Waals surface area contributed by atoms with Gasteiger partial charge < -0.3 is 4.98 Å². The summed E-state index contributed by atoms with van der Waals surface area (Å²) in [6.07, 6.45) is 2.15. The molecule has 184 valence electrons. The van der Waals surface area contributed by atoms with Gasteiger partial charge in [-0.25, -0.2) is 4.98 Å². The Labute approximate surface area is 223 Å². The van der Waals surface area contributed by atoms with Crippen LogP contribution in [0.3, 0.4) is 0 Å². The number of rotatable bonds is 9. The Kier molecular flexibility index (Phi) is 7.99. The number of hydrogen-bond acceptors (Lipinski definition) is 3. The number of hydrogen-bond donors (Lipinski definition) is 1. The molecule has 1 N–H and O–H groups in total. The number of H-pyrrole nitrogens is 1. The minimum Gasteiger partial charge on any atom is -0.303 e. The van der Waals surface area contributed by atoms with Crippen LogP contribution in [0.25, 0.3) is 11.4 Å². The van der Waals surface area contributed by atoms with Gasteiger partial charge in [0.15, 0.2) is 7.26 Å². The van der Waals surface area contributed by atoms with E-state index < -0.39 is 7.26 Å². The lowest BCUT2D eigenvalue weighted by atomic mass is 10.2. The van der Waals surface area contributed by atoms with Crippen molar-refractivity contribution in [1.29, 1.82) is 0 Å². The van der Waals surface area contributed by atoms with Gasteiger partial charge in [0.1, 0.15) is 26.8 Å². The van der Waals surface area contributed by atoms with E-state index in [1.54, 1.807) is 11.8 Å². The molecule has 0 unspecified atom stereocenters. The van der Waals surface area contributed by atoms with Crippen LogP contribution in [0.15, 0.2) is 131 Å². The smallest absolute Gasteiger partial charge is 0.296 e. The molecule has 5 rings (SSSR count). The molecule has 4 aromatic carbocycles. The summed E-state index contributed by atoms with van der Waals surface area (Å²) < 4.78 is 0. The third kappa shape index (κ3) is 5.05. The number of benzene rings is 4. The molecule has 0 atom stereocenters. The number of nitrogens with zero attached hydrogens (tertiary/aromatic N) is 1. The van der Waals surface area contributed by atoms with E-state index in [1.165, 1.54) is 0 Å². The Morgan fingerprint density at radius 2 is 1.16 bits per heavy atom. The number of aromatic amines is 1. The van der Waals surface area contributed by atoms with Gasteiger partial charge in [-0.3, -0.25) is 4.79 Å². The van der Waals surface area contributed by atoms with E-state index in [0.717, 1.165) is 50.4 Å². The van der Waals surface area contributed by atoms with Crippen molar-refractivity contribution in [2.24, 2.45) is 0 Å². The molecular formula is C32H30N2OPS+. The molecule has 1 heterocycles. The van der Waals surface area contributed by atoms with Crippen LogP contribution in [0.5, 0.6) is 0 Å². The van der Waals surface area contributed by atoms with Crippen LogP contribution < -0.4 is 26.8 Å². The zero-order valence-electron chi connectivity index (χ0n) is 20.9. The predicted molar refractivity (Wildman–Crippen MR) is 161 cm³/mol. The summed E-state index contributed by atoms with van der Waals surface area (Å²) >= 11 is 1.70. The van der Waals surface area contributed by atoms with Crippen LogP contribution in [-0.4, -0.2) is 15.7 Å². The molecule has 0 amide bonds. The van der Waals surface area contributed by atoms with Crippen molar-refractivity contribution < 1.29 is 0 Å². The first-order valence-electron chi connectivity index (χ1n) is 12.6. The van der Waals surface area contributed by atoms with Gasteiger partial charge in [0.05, 0.1) is 0 Å². The first-order valence-corrected chi connectivity index (χ1v) is 15.4. The van der Waals surface area contributed by atoms with Gasteiger partial charge >= 0.3 is 0 Å². The standard InChI is InChI=1S/C32H29N2OPS/c1-2-3-24-37-32-29(31(35)33-30(34-32)25-16-8-4-9-17-25)36(26-18-10-5-11-19-26,27-20-12-6-13-21-27)28-22-14-7-15-23-28/h4-23H,2-3,24H2,1H3/p+1. The number of thioether (sulfide) groups is 1. The van der Waals surface area contributed by atoms with Gasteiger partial charge in [-0.15, -0.1) is 11.8 Å². The highest BCUT2D eigenvalue weighted by Gasteiger charge is 2.52. The Morgan fingerprint density at radius 3 is 1.62 bits per heavy atom. The predicted octanol–water partition coefficient (Wildman–Crippen LogP) is 5.95. The molecule has 3 nitrogen and oxygen atoms in total. The van der Waals surface area contributed by atoms with E-state index in [1.807, 2.05) is 48.5 Å². The van der Waals surface area contributed by atoms with Gasteiger partial charge in [-0.05, 0) is 48.6 Å². The lowest BCUT2D eigenvalue weighted by Gasteiger charge is -2.28. The molecule has 0 spiro atoms. The minimum atomic E-state index is -2.57. The van der Waals surface area contributed by atoms with Crippen molar-refractivity contribution >= 4 is 40.2 Å². The lowest BCUT2D eigenvalue weighted by Crippen LogP contribution is -2.46. The summed E-state index contributed by atoms with van der Waals surface area (Å²) in [6, 6.07) is 41.4. The molecule has 0 saturated heterocycles. The Morgan fingerprint density at radius 1 is 0.703 bits per heavy atom. The zero-order chi connectivity index (χ0) is 25.5. The SMILES string of the molecule is CCCCSc1nc(-c2ccccc2)[nH]c(=O)c1[P+](c1ccccc1)(c1ccccc1)c1ccccc1. The molecule has 0 aliphatic heterocycles. The van der Waals surface area contributed by atoms with E-state index in [2.05, 4.69) is 84.7 Å². The molecule has 0 bridgehead atoms. The largest absolute Gasteiger partial charge is 0.303 e. The number of aromatic nitrogens is 2. The first kappa shape index (κ1) is 25.2. The Hall–Kier alpha value is -3.46. The second kappa shape index (κ2) is 11.7. The van der Waals surface area contributed by atoms with Crippen LogP contribution in [0, 0.1) is 0 Å². The number of nitrogens with one attached hydrogen (secondary N) is 1. The fraction of sp³-hybridized carbons (Fsp3) is 0.125. The summed E-state index contributed by atoms with van der Waals surface area (Å²) in [4.78, 5) is 22.7. The molecular weight excluding hydrogens is 491 g/mol. The Balaban J connectivity index is 1.89. The Bertz CT molecular complexity index is 1390. The molecule has 0 saturated carbocycles. The third-order valence-electron chi connectivity index (χ3n) is 6.41. The topological polar surface area (TPSA) is 45.8 Å². The van der Waals surface area contributed by atoms with Crippen LogP contribution in [0.4, 0.5) is 0 Å². The molecule has 0 aliphatic carbocycles. The quantitative estimate of drug-likeness (QED) is 0.113. The second-order valence-electron chi connectivity index (χ2n) is 8.81. The monoisotopic (exact) mass is 521 g/mol. The van der Waals surface area contributed by atoms with Gasteiger partial charge in [0, 0.05) is 5.56 Å². The highest BCUT2D eigenvalue weighted by Crippen LogP contribution is 2.54. The van der Waals surface area contributed by atoms with Crippen molar-refractivity contribution in [3.63, 3.8) is 0 Å². The van der Waals surface area contributed by atoms with E-state index in [9.17, 15) is 4.79 Å². The van der Waals surface area contributed by atoms with Crippen LogP contribution >= 0.6 is 19.0 Å². The van der Waals surface area contributed by atoms with Crippen molar-refractivity contribution in [3.8, 4) is 11.4 Å². The number of unbranched alkanes of at least 4 members (excludes halogenated alkanes) is 1. The third-order valence-corrected chi connectivity index (χ3v) is 11.9. The fourth-order valence-electron chi connectivity index (χ4n) is 4.68. The first-order chi connectivity index (χ1) is 18.2. The fourth-order valence-corrected chi connectivity index (χ4v) is 10.5. The van der Waals surface area contributed by atoms with Crippen molar-refractivity contribution in [2.45, 2.75) is 24.8 Å². The zero-order valence-corrected chi connectivity index (χ0v) is 22.6. The average Bonchev–Trinajstić information content (AvgIpc) is 2.97. The second-order valence-corrected chi connectivity index (χ2v) is 13.2.